The first-order valence-electron chi connectivity index (χ1n) is 9.81. The Bertz CT molecular complexity index is 1250. The first-order valence-corrected chi connectivity index (χ1v) is 10.6. The highest BCUT2D eigenvalue weighted by atomic mass is 32.1. The number of hydrogen-bond donors (Lipinski definition) is 0. The van der Waals surface area contributed by atoms with Gasteiger partial charge >= 0.3 is 5.97 Å². The van der Waals surface area contributed by atoms with E-state index >= 15 is 0 Å². The standard InChI is InChI=1S/C24H20FN3O2S/c1-2-30-23(29)18-10-12-19(13-11-18)27-24-28(15-17-7-4-3-5-8-17)16-21(31-24)20-9-6-14-26-22(20)25/h3-14,16H,2,15H2,1H3/b27-24+. The summed E-state index contributed by atoms with van der Waals surface area (Å²) in [5.74, 6) is -0.875. The summed E-state index contributed by atoms with van der Waals surface area (Å²) >= 11 is 1.38. The summed E-state index contributed by atoms with van der Waals surface area (Å²) in [5, 5.41) is 0. The van der Waals surface area contributed by atoms with Crippen LogP contribution in [0, 0.1) is 5.95 Å². The van der Waals surface area contributed by atoms with Gasteiger partial charge in [0.2, 0.25) is 5.95 Å². The zero-order chi connectivity index (χ0) is 21.6. The van der Waals surface area contributed by atoms with Crippen LogP contribution in [-0.4, -0.2) is 22.1 Å². The van der Waals surface area contributed by atoms with Crippen LogP contribution in [0.3, 0.4) is 0 Å². The smallest absolute Gasteiger partial charge is 0.338 e. The van der Waals surface area contributed by atoms with Gasteiger partial charge in [0.15, 0.2) is 4.80 Å². The summed E-state index contributed by atoms with van der Waals surface area (Å²) < 4.78 is 21.3. The lowest BCUT2D eigenvalue weighted by atomic mass is 10.2. The van der Waals surface area contributed by atoms with E-state index in [4.69, 9.17) is 9.73 Å². The highest BCUT2D eigenvalue weighted by Gasteiger charge is 2.11. The van der Waals surface area contributed by atoms with E-state index in [0.717, 1.165) is 10.4 Å². The topological polar surface area (TPSA) is 56.5 Å². The molecule has 0 atom stereocenters. The molecule has 0 radical (unpaired) electrons. The molecule has 156 valence electrons. The molecule has 0 spiro atoms. The number of aromatic nitrogens is 2. The highest BCUT2D eigenvalue weighted by Crippen LogP contribution is 2.25. The largest absolute Gasteiger partial charge is 0.462 e. The van der Waals surface area contributed by atoms with E-state index in [1.54, 1.807) is 43.3 Å². The van der Waals surface area contributed by atoms with Crippen molar-refractivity contribution in [3.8, 4) is 10.4 Å². The summed E-state index contributed by atoms with van der Waals surface area (Å²) in [7, 11) is 0. The molecule has 0 aliphatic heterocycles. The molecule has 2 heterocycles. The molecule has 4 rings (SSSR count). The van der Waals surface area contributed by atoms with Crippen LogP contribution >= 0.6 is 11.3 Å². The fourth-order valence-corrected chi connectivity index (χ4v) is 4.08. The third-order valence-electron chi connectivity index (χ3n) is 4.54. The van der Waals surface area contributed by atoms with Crippen molar-refractivity contribution in [1.82, 2.24) is 9.55 Å². The van der Waals surface area contributed by atoms with Crippen LogP contribution in [0.4, 0.5) is 10.1 Å². The minimum atomic E-state index is -0.513. The number of esters is 1. The molecular formula is C24H20FN3O2S. The van der Waals surface area contributed by atoms with Crippen molar-refractivity contribution in [2.24, 2.45) is 4.99 Å². The number of ether oxygens (including phenoxy) is 1. The maximum atomic E-state index is 14.3. The molecule has 2 aromatic heterocycles. The monoisotopic (exact) mass is 433 g/mol. The van der Waals surface area contributed by atoms with Gasteiger partial charge in [0.05, 0.1) is 22.7 Å². The van der Waals surface area contributed by atoms with Gasteiger partial charge in [-0.05, 0) is 48.9 Å². The molecule has 31 heavy (non-hydrogen) atoms. The minimum absolute atomic E-state index is 0.327. The third-order valence-corrected chi connectivity index (χ3v) is 5.60. The fourth-order valence-electron chi connectivity index (χ4n) is 3.05. The lowest BCUT2D eigenvalue weighted by Gasteiger charge is -2.04. The maximum Gasteiger partial charge on any atom is 0.338 e. The highest BCUT2D eigenvalue weighted by molar-refractivity contribution is 7.12. The van der Waals surface area contributed by atoms with E-state index in [1.807, 2.05) is 41.1 Å². The fraction of sp³-hybridized carbons (Fsp3) is 0.125. The quantitative estimate of drug-likeness (QED) is 0.310. The van der Waals surface area contributed by atoms with Crippen LogP contribution in [0.2, 0.25) is 0 Å². The summed E-state index contributed by atoms with van der Waals surface area (Å²) in [6.07, 6.45) is 3.32. The summed E-state index contributed by atoms with van der Waals surface area (Å²) in [5.41, 5.74) is 2.71. The molecule has 5 nitrogen and oxygen atoms in total. The number of thiazole rings is 1. The number of nitrogens with zero attached hydrogens (tertiary/aromatic N) is 3. The Kier molecular flexibility index (Phi) is 6.33. The predicted molar refractivity (Wildman–Crippen MR) is 119 cm³/mol. The van der Waals surface area contributed by atoms with Crippen LogP contribution in [0.1, 0.15) is 22.8 Å². The second kappa shape index (κ2) is 9.49. The zero-order valence-electron chi connectivity index (χ0n) is 16.9. The van der Waals surface area contributed by atoms with Gasteiger partial charge in [0.1, 0.15) is 0 Å². The number of halogens is 1. The SMILES string of the molecule is CCOC(=O)c1ccc(/N=c2/sc(-c3cccnc3F)cn2Cc2ccccc2)cc1. The van der Waals surface area contributed by atoms with Gasteiger partial charge in [-0.15, -0.1) is 0 Å². The average molecular weight is 434 g/mol. The van der Waals surface area contributed by atoms with Crippen molar-refractivity contribution in [3.63, 3.8) is 0 Å². The van der Waals surface area contributed by atoms with Gasteiger partial charge in [-0.1, -0.05) is 41.7 Å². The van der Waals surface area contributed by atoms with E-state index in [0.29, 0.717) is 34.8 Å². The molecule has 0 aliphatic rings. The van der Waals surface area contributed by atoms with Crippen LogP contribution in [0.15, 0.2) is 84.1 Å². The lowest BCUT2D eigenvalue weighted by molar-refractivity contribution is 0.0526. The first-order chi connectivity index (χ1) is 15.1. The van der Waals surface area contributed by atoms with E-state index in [2.05, 4.69) is 4.98 Å². The van der Waals surface area contributed by atoms with Gasteiger partial charge in [-0.25, -0.2) is 14.8 Å². The summed E-state index contributed by atoms with van der Waals surface area (Å²) in [6, 6.07) is 20.3. The molecule has 0 amide bonds. The molecule has 0 unspecified atom stereocenters. The molecular weight excluding hydrogens is 413 g/mol. The van der Waals surface area contributed by atoms with Crippen molar-refractivity contribution >= 4 is 23.0 Å². The normalized spacial score (nSPS) is 11.5. The van der Waals surface area contributed by atoms with Crippen molar-refractivity contribution in [3.05, 3.63) is 101 Å². The van der Waals surface area contributed by atoms with Gasteiger partial charge in [0.25, 0.3) is 0 Å². The van der Waals surface area contributed by atoms with Crippen LogP contribution < -0.4 is 4.80 Å². The molecule has 0 saturated carbocycles. The van der Waals surface area contributed by atoms with E-state index < -0.39 is 5.95 Å². The number of pyridine rings is 1. The number of hydrogen-bond acceptors (Lipinski definition) is 5. The third kappa shape index (κ3) is 4.95. The van der Waals surface area contributed by atoms with E-state index in [-0.39, 0.29) is 5.97 Å². The number of rotatable bonds is 6. The van der Waals surface area contributed by atoms with Crippen LogP contribution in [0.25, 0.3) is 10.4 Å². The Hall–Kier alpha value is -3.58. The van der Waals surface area contributed by atoms with E-state index in [1.165, 1.54) is 17.5 Å². The zero-order valence-corrected chi connectivity index (χ0v) is 17.7. The molecule has 0 aliphatic carbocycles. The Labute approximate surface area is 183 Å². The molecule has 0 bridgehead atoms. The second-order valence-electron chi connectivity index (χ2n) is 6.71. The van der Waals surface area contributed by atoms with Crippen LogP contribution in [-0.2, 0) is 11.3 Å². The molecule has 0 N–H and O–H groups in total. The van der Waals surface area contributed by atoms with Crippen molar-refractivity contribution in [2.45, 2.75) is 13.5 Å². The summed E-state index contributed by atoms with van der Waals surface area (Å²) in [6.45, 7) is 2.69. The van der Waals surface area contributed by atoms with E-state index in [9.17, 15) is 9.18 Å². The molecule has 0 saturated heterocycles. The molecule has 0 fully saturated rings. The first kappa shape index (κ1) is 20.7. The number of carbonyl (C=O) groups excluding carboxylic acids is 1. The molecule has 2 aromatic carbocycles. The molecule has 4 aromatic rings. The molecule has 7 heteroatoms. The van der Waals surface area contributed by atoms with Gasteiger partial charge in [0, 0.05) is 24.5 Å². The van der Waals surface area contributed by atoms with Crippen LogP contribution in [0.5, 0.6) is 0 Å². The average Bonchev–Trinajstić information content (AvgIpc) is 3.17. The Morgan fingerprint density at radius 3 is 2.58 bits per heavy atom. The maximum absolute atomic E-state index is 14.3. The van der Waals surface area contributed by atoms with Crippen molar-refractivity contribution < 1.29 is 13.9 Å². The van der Waals surface area contributed by atoms with Gasteiger partial charge in [-0.3, -0.25) is 0 Å². The summed E-state index contributed by atoms with van der Waals surface area (Å²) in [4.78, 5) is 21.8. The van der Waals surface area contributed by atoms with Crippen molar-refractivity contribution in [1.29, 1.82) is 0 Å². The second-order valence-corrected chi connectivity index (χ2v) is 7.72. The van der Waals surface area contributed by atoms with Gasteiger partial charge in [-0.2, -0.15) is 4.39 Å². The number of carbonyl (C=O) groups is 1. The van der Waals surface area contributed by atoms with Gasteiger partial charge < -0.3 is 9.30 Å². The van der Waals surface area contributed by atoms with Crippen molar-refractivity contribution in [2.75, 3.05) is 6.61 Å². The lowest BCUT2D eigenvalue weighted by Crippen LogP contribution is -2.14. The predicted octanol–water partition coefficient (Wildman–Crippen LogP) is 5.21. The Morgan fingerprint density at radius 1 is 1.10 bits per heavy atom. The number of benzene rings is 2. The Balaban J connectivity index is 1.74. The minimum Gasteiger partial charge on any atom is -0.462 e. The Morgan fingerprint density at radius 2 is 1.87 bits per heavy atom.